The van der Waals surface area contributed by atoms with E-state index in [4.69, 9.17) is 0 Å². The van der Waals surface area contributed by atoms with Gasteiger partial charge in [-0.2, -0.15) is 4.31 Å². The van der Waals surface area contributed by atoms with Crippen LogP contribution in [-0.4, -0.2) is 43.8 Å². The SMILES string of the molecule is CCCN(CC(=O)NC)S(=O)(=O)c1ncccc1F. The van der Waals surface area contributed by atoms with E-state index in [1.54, 1.807) is 6.92 Å². The number of rotatable bonds is 6. The Morgan fingerprint density at radius 2 is 2.21 bits per heavy atom. The van der Waals surface area contributed by atoms with E-state index in [2.05, 4.69) is 10.3 Å². The Morgan fingerprint density at radius 3 is 2.74 bits per heavy atom. The number of nitrogens with zero attached hydrogens (tertiary/aromatic N) is 2. The molecule has 19 heavy (non-hydrogen) atoms. The topological polar surface area (TPSA) is 79.4 Å². The lowest BCUT2D eigenvalue weighted by atomic mass is 10.4. The standard InChI is InChI=1S/C11H16FN3O3S/c1-3-7-15(8-10(16)13-2)19(17,18)11-9(12)5-4-6-14-11/h4-6H,3,7-8H2,1-2H3,(H,13,16). The fourth-order valence-electron chi connectivity index (χ4n) is 1.46. The number of carbonyl (C=O) groups is 1. The third-order valence-electron chi connectivity index (χ3n) is 2.38. The highest BCUT2D eigenvalue weighted by molar-refractivity contribution is 7.89. The van der Waals surface area contributed by atoms with Gasteiger partial charge in [0.2, 0.25) is 10.9 Å². The van der Waals surface area contributed by atoms with Crippen LogP contribution in [0.4, 0.5) is 4.39 Å². The normalized spacial score (nSPS) is 11.6. The molecule has 0 unspecified atom stereocenters. The Kier molecular flexibility index (Phi) is 5.37. The molecule has 0 atom stereocenters. The maximum absolute atomic E-state index is 13.5. The van der Waals surface area contributed by atoms with Crippen LogP contribution in [0.1, 0.15) is 13.3 Å². The Hall–Kier alpha value is -1.54. The minimum absolute atomic E-state index is 0.117. The van der Waals surface area contributed by atoms with Gasteiger partial charge in [0.1, 0.15) is 0 Å². The molecule has 1 aromatic heterocycles. The van der Waals surface area contributed by atoms with Gasteiger partial charge in [0.15, 0.2) is 5.82 Å². The highest BCUT2D eigenvalue weighted by atomic mass is 32.2. The highest BCUT2D eigenvalue weighted by Crippen LogP contribution is 2.16. The van der Waals surface area contributed by atoms with E-state index < -0.39 is 26.8 Å². The maximum Gasteiger partial charge on any atom is 0.264 e. The number of carbonyl (C=O) groups excluding carboxylic acids is 1. The van der Waals surface area contributed by atoms with Crippen molar-refractivity contribution < 1.29 is 17.6 Å². The van der Waals surface area contributed by atoms with Crippen LogP contribution >= 0.6 is 0 Å². The summed E-state index contributed by atoms with van der Waals surface area (Å²) in [5.74, 6) is -1.39. The van der Waals surface area contributed by atoms with Crippen LogP contribution in [-0.2, 0) is 14.8 Å². The van der Waals surface area contributed by atoms with E-state index in [0.717, 1.165) is 10.4 Å². The molecule has 1 heterocycles. The average molecular weight is 289 g/mol. The average Bonchev–Trinajstić information content (AvgIpc) is 2.38. The molecule has 1 aromatic rings. The first kappa shape index (κ1) is 15.5. The third kappa shape index (κ3) is 3.71. The van der Waals surface area contributed by atoms with Crippen molar-refractivity contribution in [3.05, 3.63) is 24.1 Å². The van der Waals surface area contributed by atoms with Crippen LogP contribution in [0.2, 0.25) is 0 Å². The molecule has 8 heteroatoms. The molecule has 1 rings (SSSR count). The van der Waals surface area contributed by atoms with E-state index in [9.17, 15) is 17.6 Å². The van der Waals surface area contributed by atoms with Crippen molar-refractivity contribution >= 4 is 15.9 Å². The fourth-order valence-corrected chi connectivity index (χ4v) is 2.92. The fraction of sp³-hybridized carbons (Fsp3) is 0.455. The summed E-state index contributed by atoms with van der Waals surface area (Å²) in [7, 11) is -2.71. The summed E-state index contributed by atoms with van der Waals surface area (Å²) in [6.07, 6.45) is 1.70. The molecule has 0 aliphatic carbocycles. The number of nitrogens with one attached hydrogen (secondary N) is 1. The van der Waals surface area contributed by atoms with Crippen LogP contribution < -0.4 is 5.32 Å². The van der Waals surface area contributed by atoms with Gasteiger partial charge in [0.25, 0.3) is 10.0 Å². The molecule has 0 aliphatic rings. The summed E-state index contributed by atoms with van der Waals surface area (Å²) in [5.41, 5.74) is 0. The molecule has 1 N–H and O–H groups in total. The van der Waals surface area contributed by atoms with Gasteiger partial charge in [0.05, 0.1) is 6.54 Å². The van der Waals surface area contributed by atoms with Gasteiger partial charge in [-0.1, -0.05) is 6.92 Å². The second-order valence-corrected chi connectivity index (χ2v) is 5.66. The smallest absolute Gasteiger partial charge is 0.264 e. The molecule has 0 aliphatic heterocycles. The molecular formula is C11H16FN3O3S. The Morgan fingerprint density at radius 1 is 1.53 bits per heavy atom. The molecule has 0 spiro atoms. The number of pyridine rings is 1. The number of hydrogen-bond donors (Lipinski definition) is 1. The summed E-state index contributed by atoms with van der Waals surface area (Å²) in [6, 6.07) is 2.32. The first-order chi connectivity index (χ1) is 8.93. The number of aromatic nitrogens is 1. The summed E-state index contributed by atoms with van der Waals surface area (Å²) in [4.78, 5) is 14.9. The van der Waals surface area contributed by atoms with Crippen LogP contribution in [0, 0.1) is 5.82 Å². The van der Waals surface area contributed by atoms with Gasteiger partial charge >= 0.3 is 0 Å². The Balaban J connectivity index is 3.13. The van der Waals surface area contributed by atoms with Crippen LogP contribution in [0.3, 0.4) is 0 Å². The molecule has 0 fully saturated rings. The number of likely N-dealkylation sites (N-methyl/N-ethyl adjacent to an activating group) is 1. The minimum Gasteiger partial charge on any atom is -0.358 e. The summed E-state index contributed by atoms with van der Waals surface area (Å²) < 4.78 is 38.9. The summed E-state index contributed by atoms with van der Waals surface area (Å²) >= 11 is 0. The quantitative estimate of drug-likeness (QED) is 0.820. The Bertz CT molecular complexity index is 548. The van der Waals surface area contributed by atoms with Crippen LogP contribution in [0.25, 0.3) is 0 Å². The molecule has 0 saturated heterocycles. The van der Waals surface area contributed by atoms with Gasteiger partial charge in [-0.05, 0) is 18.6 Å². The van der Waals surface area contributed by atoms with Crippen molar-refractivity contribution in [2.75, 3.05) is 20.1 Å². The van der Waals surface area contributed by atoms with Crippen molar-refractivity contribution in [2.24, 2.45) is 0 Å². The molecule has 0 aromatic carbocycles. The van der Waals surface area contributed by atoms with E-state index in [1.807, 2.05) is 0 Å². The zero-order chi connectivity index (χ0) is 14.5. The lowest BCUT2D eigenvalue weighted by Gasteiger charge is -2.20. The van der Waals surface area contributed by atoms with Crippen LogP contribution in [0.15, 0.2) is 23.4 Å². The predicted octanol–water partition coefficient (Wildman–Crippen LogP) is 0.367. The largest absolute Gasteiger partial charge is 0.358 e. The maximum atomic E-state index is 13.5. The minimum atomic E-state index is -4.11. The van der Waals surface area contributed by atoms with Gasteiger partial charge in [0, 0.05) is 19.8 Å². The number of hydrogen-bond acceptors (Lipinski definition) is 4. The van der Waals surface area contributed by atoms with Crippen molar-refractivity contribution in [1.82, 2.24) is 14.6 Å². The van der Waals surface area contributed by atoms with E-state index in [1.165, 1.54) is 19.3 Å². The molecule has 1 amide bonds. The zero-order valence-corrected chi connectivity index (χ0v) is 11.6. The van der Waals surface area contributed by atoms with Crippen molar-refractivity contribution in [3.63, 3.8) is 0 Å². The van der Waals surface area contributed by atoms with Crippen LogP contribution in [0.5, 0.6) is 0 Å². The lowest BCUT2D eigenvalue weighted by Crippen LogP contribution is -2.40. The first-order valence-corrected chi connectivity index (χ1v) is 7.18. The number of amides is 1. The number of halogens is 1. The monoisotopic (exact) mass is 289 g/mol. The van der Waals surface area contributed by atoms with Gasteiger partial charge < -0.3 is 5.32 Å². The first-order valence-electron chi connectivity index (χ1n) is 5.74. The zero-order valence-electron chi connectivity index (χ0n) is 10.8. The molecule has 0 bridgehead atoms. The van der Waals surface area contributed by atoms with Gasteiger partial charge in [-0.25, -0.2) is 17.8 Å². The molecular weight excluding hydrogens is 273 g/mol. The van der Waals surface area contributed by atoms with Crippen molar-refractivity contribution in [2.45, 2.75) is 18.4 Å². The predicted molar refractivity (Wildman–Crippen MR) is 67.3 cm³/mol. The summed E-state index contributed by atoms with van der Waals surface area (Å²) in [5, 5.41) is 1.67. The summed E-state index contributed by atoms with van der Waals surface area (Å²) in [6.45, 7) is 1.52. The molecule has 0 saturated carbocycles. The highest BCUT2D eigenvalue weighted by Gasteiger charge is 2.29. The molecule has 106 valence electrons. The van der Waals surface area contributed by atoms with E-state index >= 15 is 0 Å². The molecule has 0 radical (unpaired) electrons. The number of sulfonamides is 1. The van der Waals surface area contributed by atoms with Crippen molar-refractivity contribution in [1.29, 1.82) is 0 Å². The van der Waals surface area contributed by atoms with E-state index in [-0.39, 0.29) is 13.1 Å². The Labute approximate surface area is 111 Å². The second kappa shape index (κ2) is 6.58. The van der Waals surface area contributed by atoms with Crippen molar-refractivity contribution in [3.8, 4) is 0 Å². The second-order valence-electron chi connectivity index (χ2n) is 3.80. The van der Waals surface area contributed by atoms with Gasteiger partial charge in [-0.15, -0.1) is 0 Å². The van der Waals surface area contributed by atoms with Gasteiger partial charge in [-0.3, -0.25) is 4.79 Å². The third-order valence-corrected chi connectivity index (χ3v) is 4.16. The molecule has 6 nitrogen and oxygen atoms in total. The lowest BCUT2D eigenvalue weighted by molar-refractivity contribution is -0.120. The van der Waals surface area contributed by atoms with E-state index in [0.29, 0.717) is 6.42 Å².